The van der Waals surface area contributed by atoms with E-state index in [0.29, 0.717) is 12.6 Å². The van der Waals surface area contributed by atoms with Crippen molar-refractivity contribution in [2.45, 2.75) is 38.3 Å². The van der Waals surface area contributed by atoms with Crippen LogP contribution in [0.5, 0.6) is 0 Å². The summed E-state index contributed by atoms with van der Waals surface area (Å²) in [4.78, 5) is 2.43. The maximum atomic E-state index is 8.97. The molecule has 1 aromatic rings. The molecule has 0 unspecified atom stereocenters. The third kappa shape index (κ3) is 2.99. The molecule has 1 fully saturated rings. The Labute approximate surface area is 103 Å². The topological polar surface area (TPSA) is 49.5 Å². The highest BCUT2D eigenvalue weighted by Crippen LogP contribution is 2.29. The van der Waals surface area contributed by atoms with Gasteiger partial charge in [-0.1, -0.05) is 12.1 Å². The standard InChI is InChI=1S/C14H22N2O/c15-11-12-5-7-14(8-6-12)16(9-2-10-17)13-3-1-4-13/h5-8,13,17H,1-4,9-11,15H2. The molecule has 1 aliphatic carbocycles. The minimum atomic E-state index is 0.268. The smallest absolute Gasteiger partial charge is 0.0447 e. The van der Waals surface area contributed by atoms with Crippen LogP contribution >= 0.6 is 0 Å². The Balaban J connectivity index is 2.06. The maximum Gasteiger partial charge on any atom is 0.0447 e. The monoisotopic (exact) mass is 234 g/mol. The molecule has 94 valence electrons. The van der Waals surface area contributed by atoms with Crippen molar-refractivity contribution in [1.29, 1.82) is 0 Å². The van der Waals surface area contributed by atoms with Crippen LogP contribution in [-0.4, -0.2) is 24.3 Å². The molecule has 0 heterocycles. The largest absolute Gasteiger partial charge is 0.396 e. The zero-order valence-electron chi connectivity index (χ0n) is 10.3. The predicted molar refractivity (Wildman–Crippen MR) is 71.0 cm³/mol. The lowest BCUT2D eigenvalue weighted by Gasteiger charge is -2.39. The van der Waals surface area contributed by atoms with E-state index in [-0.39, 0.29) is 6.61 Å². The number of nitrogens with zero attached hydrogens (tertiary/aromatic N) is 1. The number of aliphatic hydroxyl groups excluding tert-OH is 1. The summed E-state index contributed by atoms with van der Waals surface area (Å²) in [5, 5.41) is 8.97. The molecule has 17 heavy (non-hydrogen) atoms. The van der Waals surface area contributed by atoms with E-state index in [1.54, 1.807) is 0 Å². The molecule has 3 heteroatoms. The maximum absolute atomic E-state index is 8.97. The number of anilines is 1. The van der Waals surface area contributed by atoms with Crippen LogP contribution in [0, 0.1) is 0 Å². The molecule has 3 N–H and O–H groups in total. The normalized spacial score (nSPS) is 15.6. The second-order valence-corrected chi connectivity index (χ2v) is 4.73. The second kappa shape index (κ2) is 6.03. The molecule has 3 nitrogen and oxygen atoms in total. The Hall–Kier alpha value is -1.06. The first-order valence-corrected chi connectivity index (χ1v) is 6.51. The molecule has 1 saturated carbocycles. The molecule has 0 saturated heterocycles. The molecule has 0 bridgehead atoms. The van der Waals surface area contributed by atoms with Crippen molar-refractivity contribution < 1.29 is 5.11 Å². The summed E-state index contributed by atoms with van der Waals surface area (Å²) in [5.74, 6) is 0. The van der Waals surface area contributed by atoms with E-state index in [4.69, 9.17) is 10.8 Å². The zero-order chi connectivity index (χ0) is 12.1. The molecular weight excluding hydrogens is 212 g/mol. The fourth-order valence-corrected chi connectivity index (χ4v) is 2.29. The number of rotatable bonds is 6. The van der Waals surface area contributed by atoms with Crippen LogP contribution in [0.1, 0.15) is 31.2 Å². The quantitative estimate of drug-likeness (QED) is 0.790. The van der Waals surface area contributed by atoms with Gasteiger partial charge in [0.1, 0.15) is 0 Å². The average Bonchev–Trinajstić information content (AvgIpc) is 2.32. The van der Waals surface area contributed by atoms with Crippen LogP contribution in [0.15, 0.2) is 24.3 Å². The molecule has 0 aromatic heterocycles. The minimum Gasteiger partial charge on any atom is -0.396 e. The van der Waals surface area contributed by atoms with Crippen molar-refractivity contribution >= 4 is 5.69 Å². The molecular formula is C14H22N2O. The lowest BCUT2D eigenvalue weighted by Crippen LogP contribution is -2.41. The van der Waals surface area contributed by atoms with Gasteiger partial charge in [-0.15, -0.1) is 0 Å². The lowest BCUT2D eigenvalue weighted by molar-refractivity contribution is 0.283. The average molecular weight is 234 g/mol. The Bertz CT molecular complexity index is 333. The van der Waals surface area contributed by atoms with Crippen molar-refractivity contribution in [3.63, 3.8) is 0 Å². The molecule has 0 radical (unpaired) electrons. The van der Waals surface area contributed by atoms with Gasteiger partial charge in [-0.2, -0.15) is 0 Å². The van der Waals surface area contributed by atoms with Crippen molar-refractivity contribution in [1.82, 2.24) is 0 Å². The Kier molecular flexibility index (Phi) is 4.40. The van der Waals surface area contributed by atoms with Crippen molar-refractivity contribution in [2.24, 2.45) is 5.73 Å². The molecule has 0 amide bonds. The van der Waals surface area contributed by atoms with Crippen LogP contribution in [0.4, 0.5) is 5.69 Å². The van der Waals surface area contributed by atoms with Gasteiger partial charge in [0.25, 0.3) is 0 Å². The van der Waals surface area contributed by atoms with Gasteiger partial charge in [0.05, 0.1) is 0 Å². The summed E-state index contributed by atoms with van der Waals surface area (Å²) in [5.41, 5.74) is 8.04. The van der Waals surface area contributed by atoms with E-state index in [1.807, 2.05) is 0 Å². The van der Waals surface area contributed by atoms with Gasteiger partial charge >= 0.3 is 0 Å². The van der Waals surface area contributed by atoms with Gasteiger partial charge in [-0.25, -0.2) is 0 Å². The first-order chi connectivity index (χ1) is 8.35. The molecule has 0 atom stereocenters. The predicted octanol–water partition coefficient (Wildman–Crippen LogP) is 1.89. The molecule has 0 spiro atoms. The summed E-state index contributed by atoms with van der Waals surface area (Å²) in [6, 6.07) is 9.17. The number of hydrogen-bond donors (Lipinski definition) is 2. The summed E-state index contributed by atoms with van der Waals surface area (Å²) >= 11 is 0. The van der Waals surface area contributed by atoms with E-state index in [1.165, 1.54) is 30.5 Å². The summed E-state index contributed by atoms with van der Waals surface area (Å²) in [7, 11) is 0. The van der Waals surface area contributed by atoms with E-state index in [0.717, 1.165) is 13.0 Å². The van der Waals surface area contributed by atoms with Gasteiger partial charge in [0, 0.05) is 31.4 Å². The Morgan fingerprint density at radius 1 is 1.24 bits per heavy atom. The van der Waals surface area contributed by atoms with E-state index in [9.17, 15) is 0 Å². The third-order valence-corrected chi connectivity index (χ3v) is 3.58. The fraction of sp³-hybridized carbons (Fsp3) is 0.571. The van der Waals surface area contributed by atoms with Crippen molar-refractivity contribution in [3.05, 3.63) is 29.8 Å². The molecule has 1 aliphatic rings. The van der Waals surface area contributed by atoms with Gasteiger partial charge < -0.3 is 15.7 Å². The summed E-state index contributed by atoms with van der Waals surface area (Å²) < 4.78 is 0. The molecule has 1 aromatic carbocycles. The SMILES string of the molecule is NCc1ccc(N(CCCO)C2CCC2)cc1. The minimum absolute atomic E-state index is 0.268. The highest BCUT2D eigenvalue weighted by atomic mass is 16.3. The highest BCUT2D eigenvalue weighted by molar-refractivity contribution is 5.49. The second-order valence-electron chi connectivity index (χ2n) is 4.73. The number of aliphatic hydroxyl groups is 1. The van der Waals surface area contributed by atoms with Crippen LogP contribution < -0.4 is 10.6 Å². The van der Waals surface area contributed by atoms with E-state index in [2.05, 4.69) is 29.2 Å². The third-order valence-electron chi connectivity index (χ3n) is 3.58. The van der Waals surface area contributed by atoms with Gasteiger partial charge in [0.2, 0.25) is 0 Å². The van der Waals surface area contributed by atoms with Crippen molar-refractivity contribution in [3.8, 4) is 0 Å². The number of nitrogens with two attached hydrogens (primary N) is 1. The van der Waals surface area contributed by atoms with Crippen molar-refractivity contribution in [2.75, 3.05) is 18.1 Å². The highest BCUT2D eigenvalue weighted by Gasteiger charge is 2.24. The Morgan fingerprint density at radius 2 is 1.94 bits per heavy atom. The van der Waals surface area contributed by atoms with E-state index >= 15 is 0 Å². The van der Waals surface area contributed by atoms with Crippen LogP contribution in [0.25, 0.3) is 0 Å². The van der Waals surface area contributed by atoms with Crippen LogP contribution in [-0.2, 0) is 6.54 Å². The lowest BCUT2D eigenvalue weighted by atomic mass is 9.91. The fourth-order valence-electron chi connectivity index (χ4n) is 2.29. The first-order valence-electron chi connectivity index (χ1n) is 6.51. The van der Waals surface area contributed by atoms with Crippen LogP contribution in [0.2, 0.25) is 0 Å². The summed E-state index contributed by atoms with van der Waals surface area (Å²) in [6.07, 6.45) is 4.74. The van der Waals surface area contributed by atoms with Gasteiger partial charge in [0.15, 0.2) is 0 Å². The van der Waals surface area contributed by atoms with Gasteiger partial charge in [-0.3, -0.25) is 0 Å². The first kappa shape index (κ1) is 12.4. The molecule has 0 aliphatic heterocycles. The zero-order valence-corrected chi connectivity index (χ0v) is 10.3. The van der Waals surface area contributed by atoms with Gasteiger partial charge in [-0.05, 0) is 43.4 Å². The van der Waals surface area contributed by atoms with E-state index < -0.39 is 0 Å². The van der Waals surface area contributed by atoms with Crippen LogP contribution in [0.3, 0.4) is 0 Å². The molecule has 2 rings (SSSR count). The number of benzene rings is 1. The summed E-state index contributed by atoms with van der Waals surface area (Å²) in [6.45, 7) is 1.81. The number of hydrogen-bond acceptors (Lipinski definition) is 3. The Morgan fingerprint density at radius 3 is 2.41 bits per heavy atom.